The first-order chi connectivity index (χ1) is 13.1. The minimum absolute atomic E-state index is 0.0500. The molecule has 0 aromatic heterocycles. The molecule has 28 heavy (non-hydrogen) atoms. The highest BCUT2D eigenvalue weighted by Crippen LogP contribution is 2.22. The van der Waals surface area contributed by atoms with Crippen LogP contribution in [0.1, 0.15) is 19.4 Å². The van der Waals surface area contributed by atoms with Crippen molar-refractivity contribution in [2.75, 3.05) is 18.4 Å². The fourth-order valence-corrected chi connectivity index (χ4v) is 3.44. The van der Waals surface area contributed by atoms with E-state index in [1.165, 1.54) is 31.4 Å². The zero-order valence-corrected chi connectivity index (χ0v) is 16.6. The maximum absolute atomic E-state index is 13.8. The van der Waals surface area contributed by atoms with E-state index in [-0.39, 0.29) is 35.3 Å². The molecule has 0 spiro atoms. The van der Waals surface area contributed by atoms with E-state index in [9.17, 15) is 22.7 Å². The molecule has 1 amide bonds. The van der Waals surface area contributed by atoms with Crippen molar-refractivity contribution < 1.29 is 27.4 Å². The van der Waals surface area contributed by atoms with Crippen molar-refractivity contribution in [3.05, 3.63) is 53.8 Å². The predicted octanol–water partition coefficient (Wildman–Crippen LogP) is 2.06. The first-order valence-electron chi connectivity index (χ1n) is 8.43. The van der Waals surface area contributed by atoms with Crippen LogP contribution >= 0.6 is 0 Å². The molecule has 0 aliphatic rings. The van der Waals surface area contributed by atoms with Crippen molar-refractivity contribution in [3.8, 4) is 5.75 Å². The second kappa shape index (κ2) is 8.57. The number of nitrogens with one attached hydrogen (secondary N) is 2. The van der Waals surface area contributed by atoms with E-state index in [4.69, 9.17) is 4.74 Å². The number of ether oxygens (including phenoxy) is 1. The molecule has 3 N–H and O–H groups in total. The molecule has 0 saturated carbocycles. The van der Waals surface area contributed by atoms with Crippen LogP contribution < -0.4 is 14.8 Å². The molecule has 0 fully saturated rings. The fourth-order valence-electron chi connectivity index (χ4n) is 2.37. The number of carbonyl (C=O) groups is 1. The van der Waals surface area contributed by atoms with E-state index in [2.05, 4.69) is 10.0 Å². The Kier molecular flexibility index (Phi) is 6.63. The molecule has 0 atom stereocenters. The van der Waals surface area contributed by atoms with E-state index in [1.54, 1.807) is 26.0 Å². The molecular formula is C19H23FN2O5S. The lowest BCUT2D eigenvalue weighted by molar-refractivity contribution is -0.122. The maximum atomic E-state index is 13.8. The van der Waals surface area contributed by atoms with Crippen molar-refractivity contribution in [2.45, 2.75) is 30.7 Å². The van der Waals surface area contributed by atoms with Crippen LogP contribution in [0.25, 0.3) is 0 Å². The first kappa shape index (κ1) is 21.6. The van der Waals surface area contributed by atoms with Crippen LogP contribution in [0.3, 0.4) is 0 Å². The molecule has 2 aromatic rings. The Morgan fingerprint density at radius 2 is 1.82 bits per heavy atom. The number of rotatable bonds is 8. The van der Waals surface area contributed by atoms with Gasteiger partial charge in [-0.2, -0.15) is 0 Å². The highest BCUT2D eigenvalue weighted by molar-refractivity contribution is 7.92. The van der Waals surface area contributed by atoms with Gasteiger partial charge in [-0.05, 0) is 49.7 Å². The summed E-state index contributed by atoms with van der Waals surface area (Å²) in [5, 5.41) is 11.9. The first-order valence-corrected chi connectivity index (χ1v) is 9.92. The molecular weight excluding hydrogens is 387 g/mol. The largest absolute Gasteiger partial charge is 0.494 e. The van der Waals surface area contributed by atoms with Crippen LogP contribution in [0, 0.1) is 5.82 Å². The van der Waals surface area contributed by atoms with Gasteiger partial charge in [-0.25, -0.2) is 12.8 Å². The number of aliphatic hydroxyl groups is 1. The Labute approximate surface area is 163 Å². The van der Waals surface area contributed by atoms with Gasteiger partial charge in [0.1, 0.15) is 0 Å². The van der Waals surface area contributed by atoms with E-state index in [0.29, 0.717) is 5.56 Å². The van der Waals surface area contributed by atoms with Gasteiger partial charge in [-0.1, -0.05) is 12.1 Å². The third kappa shape index (κ3) is 5.67. The number of anilines is 1. The molecule has 0 aliphatic heterocycles. The number of carbonyl (C=O) groups excluding carboxylic acids is 1. The summed E-state index contributed by atoms with van der Waals surface area (Å²) in [6, 6.07) is 9.60. The van der Waals surface area contributed by atoms with Gasteiger partial charge < -0.3 is 15.2 Å². The van der Waals surface area contributed by atoms with Gasteiger partial charge in [0.05, 0.1) is 30.6 Å². The molecule has 0 bridgehead atoms. The van der Waals surface area contributed by atoms with E-state index in [0.717, 1.165) is 6.07 Å². The number of amides is 1. The topological polar surface area (TPSA) is 105 Å². The fraction of sp³-hybridized carbons (Fsp3) is 0.316. The molecule has 7 nitrogen and oxygen atoms in total. The number of hydrogen-bond acceptors (Lipinski definition) is 5. The SMILES string of the molecule is COc1ccc(S(=O)(=O)Nc2ccc(CC(=O)NC(C)(C)CO)cc2)cc1F. The zero-order valence-electron chi connectivity index (χ0n) is 15.8. The lowest BCUT2D eigenvalue weighted by atomic mass is 10.1. The second-order valence-corrected chi connectivity index (χ2v) is 8.55. The number of sulfonamides is 1. The van der Waals surface area contributed by atoms with Crippen LogP contribution in [-0.4, -0.2) is 38.7 Å². The molecule has 2 rings (SSSR count). The molecule has 0 saturated heterocycles. The van der Waals surface area contributed by atoms with Crippen LogP contribution in [0.15, 0.2) is 47.4 Å². The summed E-state index contributed by atoms with van der Waals surface area (Å²) >= 11 is 0. The van der Waals surface area contributed by atoms with Gasteiger partial charge >= 0.3 is 0 Å². The standard InChI is InChI=1S/C19H23FN2O5S/c1-19(2,12-23)21-18(24)10-13-4-6-14(7-5-13)22-28(25,26)15-8-9-17(27-3)16(20)11-15/h4-9,11,22-23H,10,12H2,1-3H3,(H,21,24). The lowest BCUT2D eigenvalue weighted by Gasteiger charge is -2.23. The Morgan fingerprint density at radius 3 is 2.36 bits per heavy atom. The average Bonchev–Trinajstić information content (AvgIpc) is 2.62. The predicted molar refractivity (Wildman–Crippen MR) is 103 cm³/mol. The Balaban J connectivity index is 2.07. The average molecular weight is 410 g/mol. The smallest absolute Gasteiger partial charge is 0.262 e. The summed E-state index contributed by atoms with van der Waals surface area (Å²) in [6.07, 6.45) is 0.0835. The van der Waals surface area contributed by atoms with Crippen molar-refractivity contribution in [1.82, 2.24) is 5.32 Å². The highest BCUT2D eigenvalue weighted by atomic mass is 32.2. The molecule has 0 unspecified atom stereocenters. The molecule has 0 radical (unpaired) electrons. The summed E-state index contributed by atoms with van der Waals surface area (Å²) in [4.78, 5) is 11.8. The van der Waals surface area contributed by atoms with Gasteiger partial charge in [0.25, 0.3) is 10.0 Å². The number of benzene rings is 2. The number of halogens is 1. The summed E-state index contributed by atoms with van der Waals surface area (Å²) in [7, 11) is -2.69. The normalized spacial score (nSPS) is 11.8. The molecule has 0 aliphatic carbocycles. The minimum Gasteiger partial charge on any atom is -0.494 e. The second-order valence-electron chi connectivity index (χ2n) is 6.87. The van der Waals surface area contributed by atoms with Crippen LogP contribution in [0.4, 0.5) is 10.1 Å². The monoisotopic (exact) mass is 410 g/mol. The summed E-state index contributed by atoms with van der Waals surface area (Å²) < 4.78 is 45.7. The number of aliphatic hydroxyl groups excluding tert-OH is 1. The van der Waals surface area contributed by atoms with E-state index < -0.39 is 21.4 Å². The zero-order chi connectivity index (χ0) is 20.9. The number of methoxy groups -OCH3 is 1. The maximum Gasteiger partial charge on any atom is 0.262 e. The van der Waals surface area contributed by atoms with Crippen molar-refractivity contribution in [1.29, 1.82) is 0 Å². The van der Waals surface area contributed by atoms with Gasteiger partial charge in [-0.15, -0.1) is 0 Å². The summed E-state index contributed by atoms with van der Waals surface area (Å²) in [6.45, 7) is 3.21. The minimum atomic E-state index is -3.98. The van der Waals surface area contributed by atoms with Crippen molar-refractivity contribution in [3.63, 3.8) is 0 Å². The van der Waals surface area contributed by atoms with Gasteiger partial charge in [0, 0.05) is 5.69 Å². The highest BCUT2D eigenvalue weighted by Gasteiger charge is 2.19. The van der Waals surface area contributed by atoms with Crippen molar-refractivity contribution >= 4 is 21.6 Å². The molecule has 0 heterocycles. The third-order valence-corrected chi connectivity index (χ3v) is 5.26. The van der Waals surface area contributed by atoms with Crippen LogP contribution in [0.2, 0.25) is 0 Å². The Hall–Kier alpha value is -2.65. The van der Waals surface area contributed by atoms with Crippen LogP contribution in [-0.2, 0) is 21.2 Å². The molecule has 9 heteroatoms. The Morgan fingerprint density at radius 1 is 1.18 bits per heavy atom. The lowest BCUT2D eigenvalue weighted by Crippen LogP contribution is -2.46. The number of hydrogen-bond donors (Lipinski definition) is 3. The summed E-state index contributed by atoms with van der Waals surface area (Å²) in [5.41, 5.74) is 0.223. The quantitative estimate of drug-likeness (QED) is 0.618. The Bertz CT molecular complexity index is 943. The van der Waals surface area contributed by atoms with Gasteiger partial charge in [0.15, 0.2) is 11.6 Å². The van der Waals surface area contributed by atoms with Gasteiger partial charge in [-0.3, -0.25) is 9.52 Å². The van der Waals surface area contributed by atoms with E-state index >= 15 is 0 Å². The molecule has 2 aromatic carbocycles. The van der Waals surface area contributed by atoms with E-state index in [1.807, 2.05) is 0 Å². The third-order valence-electron chi connectivity index (χ3n) is 3.88. The van der Waals surface area contributed by atoms with Gasteiger partial charge in [0.2, 0.25) is 5.91 Å². The van der Waals surface area contributed by atoms with Crippen LogP contribution in [0.5, 0.6) is 5.75 Å². The van der Waals surface area contributed by atoms with Crippen molar-refractivity contribution in [2.24, 2.45) is 0 Å². The molecule has 152 valence electrons. The summed E-state index contributed by atoms with van der Waals surface area (Å²) in [5.74, 6) is -1.09.